The molecule has 0 fully saturated rings. The van der Waals surface area contributed by atoms with Crippen LogP contribution in [-0.4, -0.2) is 34.1 Å². The van der Waals surface area contributed by atoms with Gasteiger partial charge >= 0.3 is 6.11 Å². The molecule has 3 aromatic rings. The first-order valence-corrected chi connectivity index (χ1v) is 8.16. The van der Waals surface area contributed by atoms with Crippen LogP contribution in [0.2, 0.25) is 0 Å². The average Bonchev–Trinajstić information content (AvgIpc) is 2.64. The molecule has 0 bridgehead atoms. The largest absolute Gasteiger partial charge is 0.372 e. The molecule has 28 heavy (non-hydrogen) atoms. The van der Waals surface area contributed by atoms with Crippen molar-refractivity contribution in [2.45, 2.75) is 20.0 Å². The maximum absolute atomic E-state index is 14.4. The average molecular weight is 396 g/mol. The van der Waals surface area contributed by atoms with Gasteiger partial charge in [0, 0.05) is 30.5 Å². The monoisotopic (exact) mass is 396 g/mol. The van der Waals surface area contributed by atoms with E-state index in [0.29, 0.717) is 17.3 Å². The van der Waals surface area contributed by atoms with Gasteiger partial charge in [0.2, 0.25) is 0 Å². The van der Waals surface area contributed by atoms with Gasteiger partial charge < -0.3 is 10.1 Å². The molecular weight excluding hydrogens is 380 g/mol. The van der Waals surface area contributed by atoms with Crippen molar-refractivity contribution < 1.29 is 22.3 Å². The molecule has 10 heteroatoms. The highest BCUT2D eigenvalue weighted by atomic mass is 19.3. The lowest BCUT2D eigenvalue weighted by molar-refractivity contribution is -0.209. The van der Waals surface area contributed by atoms with E-state index in [1.807, 2.05) is 0 Å². The lowest BCUT2D eigenvalue weighted by Crippen LogP contribution is -2.29. The molecule has 2 aromatic heterocycles. The van der Waals surface area contributed by atoms with Crippen LogP contribution in [-0.2, 0) is 4.74 Å². The van der Waals surface area contributed by atoms with E-state index in [0.717, 1.165) is 23.6 Å². The molecule has 2 heterocycles. The van der Waals surface area contributed by atoms with Crippen LogP contribution in [0.3, 0.4) is 0 Å². The fourth-order valence-electron chi connectivity index (χ4n) is 2.56. The SMILES string of the molecule is COC(F)(F)CNc1cc2nc(C)c(C)c(=O)n2c(-c2ccc(F)cc2F)n1. The van der Waals surface area contributed by atoms with Crippen molar-refractivity contribution in [2.75, 3.05) is 19.0 Å². The number of hydrogen-bond donors (Lipinski definition) is 1. The predicted octanol–water partition coefficient (Wildman–Crippen LogP) is 3.30. The van der Waals surface area contributed by atoms with Gasteiger partial charge in [0.15, 0.2) is 5.82 Å². The van der Waals surface area contributed by atoms with Crippen molar-refractivity contribution in [3.63, 3.8) is 0 Å². The lowest BCUT2D eigenvalue weighted by atomic mass is 10.1. The van der Waals surface area contributed by atoms with Crippen LogP contribution in [0.4, 0.5) is 23.4 Å². The van der Waals surface area contributed by atoms with Crippen molar-refractivity contribution in [1.82, 2.24) is 14.4 Å². The normalized spacial score (nSPS) is 11.8. The summed E-state index contributed by atoms with van der Waals surface area (Å²) in [7, 11) is 0.849. The van der Waals surface area contributed by atoms with E-state index >= 15 is 0 Å². The zero-order valence-electron chi connectivity index (χ0n) is 15.2. The Bertz CT molecular complexity index is 1110. The predicted molar refractivity (Wildman–Crippen MR) is 94.5 cm³/mol. The maximum atomic E-state index is 14.4. The Balaban J connectivity index is 2.26. The lowest BCUT2D eigenvalue weighted by Gasteiger charge is -2.17. The molecule has 0 radical (unpaired) electrons. The zero-order valence-corrected chi connectivity index (χ0v) is 15.2. The number of nitrogens with zero attached hydrogens (tertiary/aromatic N) is 3. The Morgan fingerprint density at radius 3 is 2.54 bits per heavy atom. The fourth-order valence-corrected chi connectivity index (χ4v) is 2.56. The maximum Gasteiger partial charge on any atom is 0.372 e. The number of aryl methyl sites for hydroxylation is 1. The minimum absolute atomic E-state index is 0.0741. The summed E-state index contributed by atoms with van der Waals surface area (Å²) in [6.45, 7) is 2.25. The summed E-state index contributed by atoms with van der Waals surface area (Å²) in [5.41, 5.74) is 0.137. The van der Waals surface area contributed by atoms with Crippen molar-refractivity contribution in [3.05, 3.63) is 57.5 Å². The van der Waals surface area contributed by atoms with Gasteiger partial charge in [-0.25, -0.2) is 23.1 Å². The summed E-state index contributed by atoms with van der Waals surface area (Å²) in [5.74, 6) is -2.04. The number of hydrogen-bond acceptors (Lipinski definition) is 5. The van der Waals surface area contributed by atoms with Crippen molar-refractivity contribution in [3.8, 4) is 11.4 Å². The van der Waals surface area contributed by atoms with Crippen molar-refractivity contribution >= 4 is 11.5 Å². The van der Waals surface area contributed by atoms with Gasteiger partial charge in [0.05, 0.1) is 5.56 Å². The topological polar surface area (TPSA) is 68.5 Å². The number of fused-ring (bicyclic) bond motifs is 1. The molecule has 0 amide bonds. The molecular formula is C18H16F4N4O2. The molecule has 0 saturated carbocycles. The van der Waals surface area contributed by atoms with Crippen molar-refractivity contribution in [1.29, 1.82) is 0 Å². The van der Waals surface area contributed by atoms with Crippen LogP contribution in [0.5, 0.6) is 0 Å². The Hall–Kier alpha value is -3.01. The molecule has 6 nitrogen and oxygen atoms in total. The smallest absolute Gasteiger partial charge is 0.361 e. The summed E-state index contributed by atoms with van der Waals surface area (Å²) in [5, 5.41) is 2.38. The molecule has 0 aliphatic rings. The van der Waals surface area contributed by atoms with Gasteiger partial charge in [0.1, 0.15) is 29.6 Å². The van der Waals surface area contributed by atoms with Crippen LogP contribution >= 0.6 is 0 Å². The molecule has 0 aliphatic heterocycles. The Labute approximate surface area is 156 Å². The number of halogens is 4. The number of aromatic nitrogens is 3. The van der Waals surface area contributed by atoms with Gasteiger partial charge in [0.25, 0.3) is 5.56 Å². The minimum atomic E-state index is -3.47. The van der Waals surface area contributed by atoms with E-state index in [-0.39, 0.29) is 22.9 Å². The second kappa shape index (κ2) is 7.19. The quantitative estimate of drug-likeness (QED) is 0.671. The molecule has 148 valence electrons. The summed E-state index contributed by atoms with van der Waals surface area (Å²) >= 11 is 0. The number of benzene rings is 1. The van der Waals surface area contributed by atoms with Crippen LogP contribution in [0.25, 0.3) is 17.0 Å². The third-order valence-electron chi connectivity index (χ3n) is 4.23. The first kappa shape index (κ1) is 19.7. The second-order valence-electron chi connectivity index (χ2n) is 6.11. The molecule has 0 atom stereocenters. The standard InChI is InChI=1S/C18H16F4N4O2/c1-9-10(2)24-15-7-14(23-8-18(21,22)28-3)25-16(26(15)17(9)27)12-5-4-11(19)6-13(12)20/h4-7,23H,8H2,1-3H3. The Morgan fingerprint density at radius 2 is 1.89 bits per heavy atom. The molecule has 1 aromatic carbocycles. The van der Waals surface area contributed by atoms with E-state index in [4.69, 9.17) is 0 Å². The Kier molecular flexibility index (Phi) is 5.07. The minimum Gasteiger partial charge on any atom is -0.361 e. The third kappa shape index (κ3) is 3.68. The first-order chi connectivity index (χ1) is 13.1. The first-order valence-electron chi connectivity index (χ1n) is 8.16. The van der Waals surface area contributed by atoms with Gasteiger partial charge in [-0.15, -0.1) is 0 Å². The summed E-state index contributed by atoms with van der Waals surface area (Å²) in [6, 6.07) is 4.04. The molecule has 0 aliphatic carbocycles. The Morgan fingerprint density at radius 1 is 1.18 bits per heavy atom. The molecule has 3 rings (SSSR count). The highest BCUT2D eigenvalue weighted by molar-refractivity contribution is 5.64. The highest BCUT2D eigenvalue weighted by Crippen LogP contribution is 2.25. The van der Waals surface area contributed by atoms with Crippen LogP contribution in [0.1, 0.15) is 11.3 Å². The number of ether oxygens (including phenoxy) is 1. The number of anilines is 1. The van der Waals surface area contributed by atoms with E-state index in [9.17, 15) is 22.4 Å². The van der Waals surface area contributed by atoms with Crippen LogP contribution in [0, 0.1) is 25.5 Å². The number of alkyl halides is 2. The van der Waals surface area contributed by atoms with Gasteiger partial charge in [-0.05, 0) is 26.0 Å². The van der Waals surface area contributed by atoms with E-state index in [2.05, 4.69) is 20.0 Å². The van der Waals surface area contributed by atoms with E-state index < -0.39 is 29.8 Å². The molecule has 0 unspecified atom stereocenters. The summed E-state index contributed by atoms with van der Waals surface area (Å²) in [6.07, 6.45) is -3.47. The zero-order chi connectivity index (χ0) is 20.6. The van der Waals surface area contributed by atoms with Crippen LogP contribution < -0.4 is 10.9 Å². The third-order valence-corrected chi connectivity index (χ3v) is 4.23. The van der Waals surface area contributed by atoms with Gasteiger partial charge in [-0.3, -0.25) is 4.79 Å². The molecule has 0 spiro atoms. The molecule has 0 saturated heterocycles. The molecule has 1 N–H and O–H groups in total. The van der Waals surface area contributed by atoms with E-state index in [1.165, 1.54) is 6.07 Å². The number of nitrogens with one attached hydrogen (secondary N) is 1. The summed E-state index contributed by atoms with van der Waals surface area (Å²) < 4.78 is 59.5. The number of rotatable bonds is 5. The van der Waals surface area contributed by atoms with Crippen molar-refractivity contribution in [2.24, 2.45) is 0 Å². The second-order valence-corrected chi connectivity index (χ2v) is 6.11. The number of methoxy groups -OCH3 is 1. The van der Waals surface area contributed by atoms with Gasteiger partial charge in [-0.1, -0.05) is 0 Å². The highest BCUT2D eigenvalue weighted by Gasteiger charge is 2.28. The fraction of sp³-hybridized carbons (Fsp3) is 0.278. The summed E-state index contributed by atoms with van der Waals surface area (Å²) in [4.78, 5) is 21.1. The van der Waals surface area contributed by atoms with Gasteiger partial charge in [-0.2, -0.15) is 8.78 Å². The van der Waals surface area contributed by atoms with E-state index in [1.54, 1.807) is 13.8 Å². The van der Waals surface area contributed by atoms with Crippen LogP contribution in [0.15, 0.2) is 29.1 Å².